The molecule has 0 N–H and O–H groups in total. The molecule has 2 rings (SSSR count). The Bertz CT molecular complexity index is 612. The zero-order valence-electron chi connectivity index (χ0n) is 14.3. The number of carbonyl (C=O) groups is 1. The lowest BCUT2D eigenvalue weighted by molar-refractivity contribution is -0.113. The first-order valence-corrected chi connectivity index (χ1v) is 7.92. The fourth-order valence-corrected chi connectivity index (χ4v) is 3.51. The van der Waals surface area contributed by atoms with Crippen molar-refractivity contribution in [3.05, 3.63) is 46.3 Å². The molecule has 1 aliphatic rings. The number of likely N-dealkylation sites (N-methyl/N-ethyl adjacent to an activating group) is 1. The highest BCUT2D eigenvalue weighted by Crippen LogP contribution is 2.43. The van der Waals surface area contributed by atoms with E-state index in [1.807, 2.05) is 6.07 Å². The van der Waals surface area contributed by atoms with Crippen LogP contribution in [0.4, 0.5) is 4.39 Å². The van der Waals surface area contributed by atoms with Crippen LogP contribution < -0.4 is 0 Å². The third kappa shape index (κ3) is 2.87. The van der Waals surface area contributed by atoms with E-state index in [0.29, 0.717) is 12.0 Å². The van der Waals surface area contributed by atoms with Crippen molar-refractivity contribution in [2.24, 2.45) is 0 Å². The largest absolute Gasteiger partial charge is 0.300 e. The zero-order valence-corrected chi connectivity index (χ0v) is 14.3. The molecule has 1 aliphatic carbocycles. The van der Waals surface area contributed by atoms with Crippen molar-refractivity contribution in [2.45, 2.75) is 52.0 Å². The summed E-state index contributed by atoms with van der Waals surface area (Å²) in [5.41, 5.74) is 3.53. The maximum Gasteiger partial charge on any atom is 0.156 e. The van der Waals surface area contributed by atoms with Crippen molar-refractivity contribution in [2.75, 3.05) is 14.1 Å². The second kappa shape index (κ2) is 6.33. The second-order valence-corrected chi connectivity index (χ2v) is 6.64. The molecule has 0 amide bonds. The highest BCUT2D eigenvalue weighted by molar-refractivity contribution is 5.94. The standard InChI is InChI=1S/C19H26FNO/c1-13-16(8-6-9-18(13)20)12-17(15(3)22)14(2)19(21(4)5)10-7-11-19/h6,8-9H,7,10-12H2,1-5H3/b17-14+. The Morgan fingerprint density at radius 3 is 2.36 bits per heavy atom. The van der Waals surface area contributed by atoms with Gasteiger partial charge in [0, 0.05) is 12.0 Å². The van der Waals surface area contributed by atoms with E-state index >= 15 is 0 Å². The Kier molecular flexibility index (Phi) is 4.86. The quantitative estimate of drug-likeness (QED) is 0.764. The Morgan fingerprint density at radius 1 is 1.27 bits per heavy atom. The summed E-state index contributed by atoms with van der Waals surface area (Å²) in [4.78, 5) is 14.5. The predicted molar refractivity (Wildman–Crippen MR) is 88.5 cm³/mol. The van der Waals surface area contributed by atoms with Crippen LogP contribution in [0.15, 0.2) is 29.3 Å². The van der Waals surface area contributed by atoms with Gasteiger partial charge in [-0.25, -0.2) is 4.39 Å². The van der Waals surface area contributed by atoms with Gasteiger partial charge in [0.25, 0.3) is 0 Å². The van der Waals surface area contributed by atoms with E-state index in [-0.39, 0.29) is 17.1 Å². The van der Waals surface area contributed by atoms with Gasteiger partial charge >= 0.3 is 0 Å². The molecule has 3 heteroatoms. The molecule has 1 aromatic rings. The van der Waals surface area contributed by atoms with Crippen LogP contribution in [0.3, 0.4) is 0 Å². The molecule has 0 atom stereocenters. The van der Waals surface area contributed by atoms with Crippen molar-refractivity contribution in [1.29, 1.82) is 0 Å². The Morgan fingerprint density at radius 2 is 1.91 bits per heavy atom. The molecule has 0 saturated heterocycles. The third-order valence-electron chi connectivity index (χ3n) is 5.36. The van der Waals surface area contributed by atoms with Gasteiger partial charge in [0.1, 0.15) is 5.82 Å². The van der Waals surface area contributed by atoms with Gasteiger partial charge in [-0.15, -0.1) is 0 Å². The lowest BCUT2D eigenvalue weighted by Crippen LogP contribution is -2.51. The predicted octanol–water partition coefficient (Wildman–Crippen LogP) is 4.07. The van der Waals surface area contributed by atoms with Crippen LogP contribution in [0, 0.1) is 12.7 Å². The molecule has 0 spiro atoms. The van der Waals surface area contributed by atoms with Gasteiger partial charge < -0.3 is 0 Å². The van der Waals surface area contributed by atoms with Crippen LogP contribution in [0.25, 0.3) is 0 Å². The van der Waals surface area contributed by atoms with Crippen LogP contribution in [0.1, 0.15) is 44.2 Å². The van der Waals surface area contributed by atoms with Crippen molar-refractivity contribution in [3.8, 4) is 0 Å². The Labute approximate surface area is 133 Å². The molecule has 0 unspecified atom stereocenters. The van der Waals surface area contributed by atoms with Crippen molar-refractivity contribution < 1.29 is 9.18 Å². The molecule has 120 valence electrons. The minimum absolute atomic E-state index is 0.00222. The number of halogens is 1. The van der Waals surface area contributed by atoms with Crippen molar-refractivity contribution >= 4 is 5.78 Å². The molecule has 22 heavy (non-hydrogen) atoms. The first kappa shape index (κ1) is 16.9. The number of carbonyl (C=O) groups excluding carboxylic acids is 1. The molecular formula is C19H26FNO. The molecule has 0 aliphatic heterocycles. The van der Waals surface area contributed by atoms with Crippen LogP contribution >= 0.6 is 0 Å². The van der Waals surface area contributed by atoms with Gasteiger partial charge in [-0.05, 0) is 82.5 Å². The Hall–Kier alpha value is -1.48. The van der Waals surface area contributed by atoms with Crippen molar-refractivity contribution in [3.63, 3.8) is 0 Å². The molecule has 0 radical (unpaired) electrons. The first-order chi connectivity index (χ1) is 10.3. The van der Waals surface area contributed by atoms with Crippen LogP contribution in [-0.2, 0) is 11.2 Å². The number of hydrogen-bond donors (Lipinski definition) is 0. The third-order valence-corrected chi connectivity index (χ3v) is 5.36. The SMILES string of the molecule is CC(=O)/C(Cc1cccc(F)c1C)=C(\C)C1(N(C)C)CCC1. The van der Waals surface area contributed by atoms with Crippen molar-refractivity contribution in [1.82, 2.24) is 4.90 Å². The van der Waals surface area contributed by atoms with E-state index in [4.69, 9.17) is 0 Å². The van der Waals surface area contributed by atoms with Crippen LogP contribution in [0.2, 0.25) is 0 Å². The smallest absolute Gasteiger partial charge is 0.156 e. The molecule has 1 fully saturated rings. The lowest BCUT2D eigenvalue weighted by Gasteiger charge is -2.49. The van der Waals surface area contributed by atoms with E-state index in [9.17, 15) is 9.18 Å². The minimum atomic E-state index is -0.205. The number of Topliss-reactive ketones (excluding diaryl/α,β-unsaturated/α-hetero) is 1. The number of benzene rings is 1. The summed E-state index contributed by atoms with van der Waals surface area (Å²) in [7, 11) is 4.15. The molecule has 0 heterocycles. The van der Waals surface area contributed by atoms with E-state index in [0.717, 1.165) is 29.6 Å². The molecule has 1 aromatic carbocycles. The molecular weight excluding hydrogens is 277 g/mol. The minimum Gasteiger partial charge on any atom is -0.300 e. The average molecular weight is 303 g/mol. The summed E-state index contributed by atoms with van der Waals surface area (Å²) in [6.45, 7) is 5.48. The fraction of sp³-hybridized carbons (Fsp3) is 0.526. The van der Waals surface area contributed by atoms with Gasteiger partial charge in [0.05, 0.1) is 0 Å². The number of nitrogens with zero attached hydrogens (tertiary/aromatic N) is 1. The van der Waals surface area contributed by atoms with Gasteiger partial charge in [0.2, 0.25) is 0 Å². The highest BCUT2D eigenvalue weighted by atomic mass is 19.1. The van der Waals surface area contributed by atoms with E-state index in [2.05, 4.69) is 25.9 Å². The number of rotatable bonds is 5. The zero-order chi connectivity index (χ0) is 16.5. The van der Waals surface area contributed by atoms with Gasteiger partial charge in [-0.2, -0.15) is 0 Å². The van der Waals surface area contributed by atoms with Gasteiger partial charge in [-0.1, -0.05) is 12.1 Å². The number of hydrogen-bond acceptors (Lipinski definition) is 2. The lowest BCUT2D eigenvalue weighted by atomic mass is 9.68. The summed E-state index contributed by atoms with van der Waals surface area (Å²) in [5, 5.41) is 0. The summed E-state index contributed by atoms with van der Waals surface area (Å²) in [5.74, 6) is -0.113. The van der Waals surface area contributed by atoms with Gasteiger partial charge in [0.15, 0.2) is 5.78 Å². The second-order valence-electron chi connectivity index (χ2n) is 6.64. The van der Waals surface area contributed by atoms with Crippen LogP contribution in [-0.4, -0.2) is 30.3 Å². The first-order valence-electron chi connectivity index (χ1n) is 7.92. The normalized spacial score (nSPS) is 18.0. The molecule has 0 aromatic heterocycles. The maximum absolute atomic E-state index is 13.8. The maximum atomic E-state index is 13.8. The van der Waals surface area contributed by atoms with Crippen LogP contribution in [0.5, 0.6) is 0 Å². The summed E-state index contributed by atoms with van der Waals surface area (Å²) >= 11 is 0. The van der Waals surface area contributed by atoms with E-state index in [1.165, 1.54) is 12.5 Å². The topological polar surface area (TPSA) is 20.3 Å². The summed E-state index contributed by atoms with van der Waals surface area (Å²) in [6, 6.07) is 5.10. The molecule has 0 bridgehead atoms. The monoisotopic (exact) mass is 303 g/mol. The average Bonchev–Trinajstić information content (AvgIpc) is 2.38. The molecule has 1 saturated carbocycles. The number of ketones is 1. The van der Waals surface area contributed by atoms with E-state index in [1.54, 1.807) is 19.9 Å². The highest BCUT2D eigenvalue weighted by Gasteiger charge is 2.42. The Balaban J connectivity index is 2.44. The van der Waals surface area contributed by atoms with Gasteiger partial charge in [-0.3, -0.25) is 9.69 Å². The fourth-order valence-electron chi connectivity index (χ4n) is 3.51. The summed E-state index contributed by atoms with van der Waals surface area (Å²) in [6.07, 6.45) is 3.88. The molecule has 2 nitrogen and oxygen atoms in total. The summed E-state index contributed by atoms with van der Waals surface area (Å²) < 4.78 is 13.8. The van der Waals surface area contributed by atoms with E-state index < -0.39 is 0 Å². The number of allylic oxidation sites excluding steroid dienone is 1.